The van der Waals surface area contributed by atoms with E-state index in [4.69, 9.17) is 15.9 Å². The topological polar surface area (TPSA) is 62.2 Å². The van der Waals surface area contributed by atoms with E-state index < -0.39 is 6.10 Å². The highest BCUT2D eigenvalue weighted by Crippen LogP contribution is 2.49. The third-order valence-electron chi connectivity index (χ3n) is 7.44. The van der Waals surface area contributed by atoms with E-state index in [-0.39, 0.29) is 11.5 Å². The molecule has 0 bridgehead atoms. The molecule has 5 heteroatoms. The number of aromatic hydroxyl groups is 2. The van der Waals surface area contributed by atoms with E-state index in [0.717, 1.165) is 52.6 Å². The van der Waals surface area contributed by atoms with Crippen LogP contribution in [0.3, 0.4) is 0 Å². The van der Waals surface area contributed by atoms with Crippen LogP contribution in [0.25, 0.3) is 11.1 Å². The predicted molar refractivity (Wildman–Crippen MR) is 147 cm³/mol. The van der Waals surface area contributed by atoms with Gasteiger partial charge < -0.3 is 19.7 Å². The first-order chi connectivity index (χ1) is 17.8. The van der Waals surface area contributed by atoms with E-state index in [2.05, 4.69) is 24.7 Å². The van der Waals surface area contributed by atoms with Crippen molar-refractivity contribution in [2.24, 2.45) is 5.92 Å². The number of benzene rings is 3. The number of rotatable bonds is 6. The van der Waals surface area contributed by atoms with Crippen molar-refractivity contribution in [3.8, 4) is 35.3 Å². The SMILES string of the molecule is C#Cc1cc(O)cc2c1OC(c1ccc(OC[C@H](C)N3CC[C@@H](C)C3)cc1)C(c1cccc(O)c1)=C2C. The van der Waals surface area contributed by atoms with Gasteiger partial charge in [0.05, 0.1) is 5.56 Å². The number of hydrogen-bond acceptors (Lipinski definition) is 5. The quantitative estimate of drug-likeness (QED) is 0.396. The molecule has 2 N–H and O–H groups in total. The Bertz CT molecular complexity index is 1370. The second-order valence-electron chi connectivity index (χ2n) is 10.2. The summed E-state index contributed by atoms with van der Waals surface area (Å²) in [6.07, 6.45) is 6.55. The number of terminal acetylenes is 1. The minimum absolute atomic E-state index is 0.0856. The van der Waals surface area contributed by atoms with Gasteiger partial charge in [0.15, 0.2) is 0 Å². The zero-order valence-electron chi connectivity index (χ0n) is 21.6. The molecule has 190 valence electrons. The van der Waals surface area contributed by atoms with Crippen molar-refractivity contribution in [2.45, 2.75) is 39.3 Å². The van der Waals surface area contributed by atoms with Crippen molar-refractivity contribution in [3.63, 3.8) is 0 Å². The van der Waals surface area contributed by atoms with Gasteiger partial charge in [-0.3, -0.25) is 4.90 Å². The van der Waals surface area contributed by atoms with Gasteiger partial charge >= 0.3 is 0 Å². The summed E-state index contributed by atoms with van der Waals surface area (Å²) in [6.45, 7) is 9.41. The van der Waals surface area contributed by atoms with Crippen LogP contribution in [0.15, 0.2) is 60.7 Å². The molecule has 5 rings (SSSR count). The molecular formula is C32H33NO4. The van der Waals surface area contributed by atoms with Crippen LogP contribution in [-0.4, -0.2) is 40.9 Å². The molecule has 5 nitrogen and oxygen atoms in total. The zero-order valence-corrected chi connectivity index (χ0v) is 21.6. The average Bonchev–Trinajstić information content (AvgIpc) is 3.33. The van der Waals surface area contributed by atoms with Crippen LogP contribution >= 0.6 is 0 Å². The number of likely N-dealkylation sites (tertiary alicyclic amines) is 1. The lowest BCUT2D eigenvalue weighted by atomic mass is 9.85. The average molecular weight is 496 g/mol. The van der Waals surface area contributed by atoms with Gasteiger partial charge in [-0.25, -0.2) is 0 Å². The van der Waals surface area contributed by atoms with Gasteiger partial charge in [0.2, 0.25) is 0 Å². The van der Waals surface area contributed by atoms with Gasteiger partial charge in [-0.05, 0) is 85.8 Å². The lowest BCUT2D eigenvalue weighted by Gasteiger charge is -2.32. The second-order valence-corrected chi connectivity index (χ2v) is 10.2. The molecule has 1 fully saturated rings. The number of ether oxygens (including phenoxy) is 2. The smallest absolute Gasteiger partial charge is 0.150 e. The number of phenolic OH excluding ortho intramolecular Hbond substituents is 2. The summed E-state index contributed by atoms with van der Waals surface area (Å²) in [5.41, 5.74) is 4.86. The van der Waals surface area contributed by atoms with Crippen LogP contribution in [0.2, 0.25) is 0 Å². The standard InChI is InChI=1S/C32H33NO4/c1-5-23-15-27(35)17-29-22(4)30(25-7-6-8-26(34)16-25)32(37-31(23)29)24-9-11-28(12-10-24)36-19-21(3)33-14-13-20(2)18-33/h1,6-12,15-17,20-21,32,34-35H,13-14,18-19H2,2-4H3/t20-,21+,32?/m1/s1. The van der Waals surface area contributed by atoms with Crippen molar-refractivity contribution in [1.29, 1.82) is 0 Å². The van der Waals surface area contributed by atoms with Gasteiger partial charge in [-0.1, -0.05) is 37.1 Å². The Hall–Kier alpha value is -3.88. The minimum Gasteiger partial charge on any atom is -0.508 e. The third-order valence-corrected chi connectivity index (χ3v) is 7.44. The van der Waals surface area contributed by atoms with E-state index in [1.165, 1.54) is 6.42 Å². The largest absolute Gasteiger partial charge is 0.508 e. The van der Waals surface area contributed by atoms with Crippen LogP contribution in [-0.2, 0) is 0 Å². The Balaban J connectivity index is 1.46. The maximum Gasteiger partial charge on any atom is 0.150 e. The molecule has 0 aliphatic carbocycles. The molecule has 1 saturated heterocycles. The highest BCUT2D eigenvalue weighted by atomic mass is 16.5. The fourth-order valence-corrected chi connectivity index (χ4v) is 5.35. The lowest BCUT2D eigenvalue weighted by Crippen LogP contribution is -2.35. The molecule has 3 atom stereocenters. The van der Waals surface area contributed by atoms with E-state index in [1.54, 1.807) is 24.3 Å². The molecule has 2 aliphatic heterocycles. The fourth-order valence-electron chi connectivity index (χ4n) is 5.35. The summed E-state index contributed by atoms with van der Waals surface area (Å²) in [6, 6.07) is 18.7. The van der Waals surface area contributed by atoms with Crippen molar-refractivity contribution in [3.05, 3.63) is 82.9 Å². The number of phenols is 2. The summed E-state index contributed by atoms with van der Waals surface area (Å²) in [7, 11) is 0. The van der Waals surface area contributed by atoms with Gasteiger partial charge in [-0.15, -0.1) is 6.42 Å². The summed E-state index contributed by atoms with van der Waals surface area (Å²) < 4.78 is 12.7. The van der Waals surface area contributed by atoms with Crippen molar-refractivity contribution >= 4 is 11.1 Å². The van der Waals surface area contributed by atoms with Crippen LogP contribution in [0, 0.1) is 18.3 Å². The fraction of sp³-hybridized carbons (Fsp3) is 0.312. The van der Waals surface area contributed by atoms with E-state index >= 15 is 0 Å². The van der Waals surface area contributed by atoms with Crippen LogP contribution in [0.1, 0.15) is 55.5 Å². The molecule has 1 unspecified atom stereocenters. The zero-order chi connectivity index (χ0) is 26.1. The van der Waals surface area contributed by atoms with Gasteiger partial charge in [-0.2, -0.15) is 0 Å². The maximum absolute atomic E-state index is 10.3. The molecule has 3 aromatic rings. The maximum atomic E-state index is 10.3. The lowest BCUT2D eigenvalue weighted by molar-refractivity contribution is 0.169. The van der Waals surface area contributed by atoms with E-state index in [9.17, 15) is 10.2 Å². The summed E-state index contributed by atoms with van der Waals surface area (Å²) >= 11 is 0. The Labute approximate surface area is 219 Å². The van der Waals surface area contributed by atoms with Crippen LogP contribution in [0.5, 0.6) is 23.0 Å². The predicted octanol–water partition coefficient (Wildman–Crippen LogP) is 6.25. The summed E-state index contributed by atoms with van der Waals surface area (Å²) in [5, 5.41) is 20.5. The van der Waals surface area contributed by atoms with Crippen molar-refractivity contribution in [1.82, 2.24) is 4.90 Å². The number of allylic oxidation sites excluding steroid dienone is 1. The van der Waals surface area contributed by atoms with Crippen molar-refractivity contribution < 1.29 is 19.7 Å². The first kappa shape index (κ1) is 24.8. The molecular weight excluding hydrogens is 462 g/mol. The Morgan fingerprint density at radius 1 is 1.11 bits per heavy atom. The van der Waals surface area contributed by atoms with E-state index in [1.807, 2.05) is 43.3 Å². The van der Waals surface area contributed by atoms with Gasteiger partial charge in [0.1, 0.15) is 35.7 Å². The molecule has 0 saturated carbocycles. The number of nitrogens with zero attached hydrogens (tertiary/aromatic N) is 1. The van der Waals surface area contributed by atoms with Crippen molar-refractivity contribution in [2.75, 3.05) is 19.7 Å². The van der Waals surface area contributed by atoms with Gasteiger partial charge in [0.25, 0.3) is 0 Å². The molecule has 3 aromatic carbocycles. The highest BCUT2D eigenvalue weighted by molar-refractivity contribution is 5.96. The number of fused-ring (bicyclic) bond motifs is 1. The first-order valence-electron chi connectivity index (χ1n) is 12.8. The van der Waals surface area contributed by atoms with Gasteiger partial charge in [0, 0.05) is 23.7 Å². The second kappa shape index (κ2) is 10.2. The summed E-state index contributed by atoms with van der Waals surface area (Å²) in [5.74, 6) is 5.03. The Kier molecular flexibility index (Phi) is 6.86. The van der Waals surface area contributed by atoms with Crippen LogP contribution < -0.4 is 9.47 Å². The molecule has 0 radical (unpaired) electrons. The minimum atomic E-state index is -0.454. The Morgan fingerprint density at radius 2 is 1.89 bits per heavy atom. The first-order valence-corrected chi connectivity index (χ1v) is 12.8. The molecule has 2 heterocycles. The van der Waals surface area contributed by atoms with E-state index in [0.29, 0.717) is 24.0 Å². The molecule has 0 spiro atoms. The Morgan fingerprint density at radius 3 is 2.57 bits per heavy atom. The summed E-state index contributed by atoms with van der Waals surface area (Å²) in [4.78, 5) is 2.49. The number of hydrogen-bond donors (Lipinski definition) is 2. The van der Waals surface area contributed by atoms with Crippen LogP contribution in [0.4, 0.5) is 0 Å². The molecule has 37 heavy (non-hydrogen) atoms. The normalized spacial score (nSPS) is 20.2. The molecule has 0 amide bonds. The third kappa shape index (κ3) is 5.03. The highest BCUT2D eigenvalue weighted by Gasteiger charge is 2.31. The molecule has 2 aliphatic rings. The molecule has 0 aromatic heterocycles. The monoisotopic (exact) mass is 495 g/mol.